The van der Waals surface area contributed by atoms with E-state index in [0.717, 1.165) is 11.1 Å². The second-order valence-electron chi connectivity index (χ2n) is 8.79. The number of carbonyl (C=O) groups is 3. The van der Waals surface area contributed by atoms with Crippen LogP contribution in [0.3, 0.4) is 0 Å². The van der Waals surface area contributed by atoms with Crippen LogP contribution in [0, 0.1) is 11.8 Å². The third-order valence-corrected chi connectivity index (χ3v) is 6.69. The average molecular weight is 437 g/mol. The smallest absolute Gasteiger partial charge is 0.407 e. The Hall–Kier alpha value is -3.35. The van der Waals surface area contributed by atoms with E-state index in [9.17, 15) is 19.5 Å². The van der Waals surface area contributed by atoms with Crippen LogP contribution in [0.5, 0.6) is 0 Å². The second-order valence-corrected chi connectivity index (χ2v) is 8.79. The van der Waals surface area contributed by atoms with Gasteiger partial charge in [-0.1, -0.05) is 55.5 Å². The minimum absolute atomic E-state index is 0.00431. The molecule has 0 spiro atoms. The van der Waals surface area contributed by atoms with Gasteiger partial charge in [-0.2, -0.15) is 0 Å². The molecule has 0 heterocycles. The number of carboxylic acid groups (broad SMARTS) is 1. The lowest BCUT2D eigenvalue weighted by atomic mass is 9.98. The highest BCUT2D eigenvalue weighted by Crippen LogP contribution is 2.44. The predicted molar refractivity (Wildman–Crippen MR) is 119 cm³/mol. The molecule has 2 aliphatic rings. The molecule has 168 valence electrons. The quantitative estimate of drug-likeness (QED) is 0.587. The van der Waals surface area contributed by atoms with Crippen molar-refractivity contribution in [3.05, 3.63) is 59.7 Å². The molecule has 0 bridgehead atoms. The molecule has 0 aliphatic heterocycles. The van der Waals surface area contributed by atoms with E-state index in [1.54, 1.807) is 6.92 Å². The minimum Gasteiger partial charge on any atom is -0.480 e. The van der Waals surface area contributed by atoms with Crippen LogP contribution in [0.15, 0.2) is 48.5 Å². The Morgan fingerprint density at radius 3 is 2.22 bits per heavy atom. The highest BCUT2D eigenvalue weighted by molar-refractivity contribution is 5.89. The van der Waals surface area contributed by atoms with Crippen molar-refractivity contribution >= 4 is 18.0 Å². The van der Waals surface area contributed by atoms with Gasteiger partial charge < -0.3 is 20.5 Å². The Bertz CT molecular complexity index is 1010. The summed E-state index contributed by atoms with van der Waals surface area (Å²) >= 11 is 0. The van der Waals surface area contributed by atoms with Crippen LogP contribution in [-0.4, -0.2) is 41.8 Å². The zero-order valence-electron chi connectivity index (χ0n) is 18.3. The molecule has 7 nitrogen and oxygen atoms in total. The summed E-state index contributed by atoms with van der Waals surface area (Å²) in [6.45, 7) is 3.78. The third-order valence-electron chi connectivity index (χ3n) is 6.69. The fourth-order valence-corrected chi connectivity index (χ4v) is 4.32. The van der Waals surface area contributed by atoms with Crippen molar-refractivity contribution in [2.24, 2.45) is 11.8 Å². The van der Waals surface area contributed by atoms with E-state index in [-0.39, 0.29) is 30.3 Å². The van der Waals surface area contributed by atoms with Gasteiger partial charge in [0.05, 0.1) is 0 Å². The first-order valence-corrected chi connectivity index (χ1v) is 11.0. The van der Waals surface area contributed by atoms with E-state index in [2.05, 4.69) is 34.9 Å². The van der Waals surface area contributed by atoms with E-state index < -0.39 is 17.6 Å². The number of fused-ring (bicyclic) bond motifs is 3. The summed E-state index contributed by atoms with van der Waals surface area (Å²) in [6.07, 6.45) is 0.403. The molecule has 0 radical (unpaired) electrons. The summed E-state index contributed by atoms with van der Waals surface area (Å²) in [5.74, 6) is -1.63. The van der Waals surface area contributed by atoms with Crippen molar-refractivity contribution in [2.75, 3.05) is 13.2 Å². The molecule has 2 aliphatic carbocycles. The molecule has 4 rings (SSSR count). The molecule has 3 atom stereocenters. The van der Waals surface area contributed by atoms with Gasteiger partial charge in [0.25, 0.3) is 0 Å². The molecule has 3 N–H and O–H groups in total. The Morgan fingerprint density at radius 1 is 1.06 bits per heavy atom. The van der Waals surface area contributed by atoms with E-state index in [0.29, 0.717) is 19.4 Å². The standard InChI is InChI=1S/C25H28N2O5/c1-3-25(2,23(29)30)27-22(28)20-12-15(20)13-26-24(31)32-14-21-18-10-6-4-8-16(18)17-9-5-7-11-19(17)21/h4-11,15,20-21H,3,12-14H2,1-2H3,(H,26,31)(H,27,28)(H,29,30)/t15-,20-,25?/m1/s1. The number of nitrogens with one attached hydrogen (secondary N) is 2. The third kappa shape index (κ3) is 4.20. The Morgan fingerprint density at radius 2 is 1.66 bits per heavy atom. The number of ether oxygens (including phenoxy) is 1. The largest absolute Gasteiger partial charge is 0.480 e. The van der Waals surface area contributed by atoms with Crippen LogP contribution in [-0.2, 0) is 14.3 Å². The van der Waals surface area contributed by atoms with Gasteiger partial charge in [-0.15, -0.1) is 0 Å². The first-order chi connectivity index (χ1) is 15.3. The van der Waals surface area contributed by atoms with Crippen molar-refractivity contribution in [3.63, 3.8) is 0 Å². The maximum Gasteiger partial charge on any atom is 0.407 e. The predicted octanol–water partition coefficient (Wildman–Crippen LogP) is 3.53. The number of carbonyl (C=O) groups excluding carboxylic acids is 2. The van der Waals surface area contributed by atoms with E-state index in [4.69, 9.17) is 4.74 Å². The van der Waals surface area contributed by atoms with Gasteiger partial charge in [-0.3, -0.25) is 4.79 Å². The number of benzene rings is 2. The number of aliphatic carboxylic acids is 1. The molecule has 2 aromatic carbocycles. The van der Waals surface area contributed by atoms with Gasteiger partial charge in [-0.25, -0.2) is 9.59 Å². The summed E-state index contributed by atoms with van der Waals surface area (Å²) in [6, 6.07) is 16.3. The Kier molecular flexibility index (Phi) is 5.91. The molecule has 32 heavy (non-hydrogen) atoms. The summed E-state index contributed by atoms with van der Waals surface area (Å²) in [5.41, 5.74) is 3.37. The highest BCUT2D eigenvalue weighted by atomic mass is 16.5. The maximum absolute atomic E-state index is 12.4. The SMILES string of the molecule is CCC(C)(NC(=O)[C@@H]1C[C@@H]1CNC(=O)OCC1c2ccccc2-c2ccccc21)C(=O)O. The monoisotopic (exact) mass is 436 g/mol. The van der Waals surface area contributed by atoms with Crippen LogP contribution in [0.1, 0.15) is 43.7 Å². The summed E-state index contributed by atoms with van der Waals surface area (Å²) in [7, 11) is 0. The van der Waals surface area contributed by atoms with Crippen LogP contribution in [0.25, 0.3) is 11.1 Å². The first-order valence-electron chi connectivity index (χ1n) is 11.0. The van der Waals surface area contributed by atoms with Gasteiger partial charge >= 0.3 is 12.1 Å². The zero-order chi connectivity index (χ0) is 22.9. The van der Waals surface area contributed by atoms with Crippen molar-refractivity contribution in [1.29, 1.82) is 0 Å². The van der Waals surface area contributed by atoms with Gasteiger partial charge in [-0.05, 0) is 47.9 Å². The number of hydrogen-bond donors (Lipinski definition) is 3. The normalized spacial score (nSPS) is 20.4. The van der Waals surface area contributed by atoms with Gasteiger partial charge in [0, 0.05) is 18.4 Å². The van der Waals surface area contributed by atoms with Crippen molar-refractivity contribution in [3.8, 4) is 11.1 Å². The summed E-state index contributed by atoms with van der Waals surface area (Å²) in [5, 5.41) is 14.7. The molecule has 0 saturated heterocycles. The second kappa shape index (κ2) is 8.65. The molecular formula is C25H28N2O5. The van der Waals surface area contributed by atoms with Gasteiger partial charge in [0.1, 0.15) is 12.1 Å². The average Bonchev–Trinajstić information content (AvgIpc) is 3.51. The number of rotatable bonds is 8. The van der Waals surface area contributed by atoms with Crippen molar-refractivity contribution in [1.82, 2.24) is 10.6 Å². The zero-order valence-corrected chi connectivity index (χ0v) is 18.3. The fraction of sp³-hybridized carbons (Fsp3) is 0.400. The molecule has 2 amide bonds. The van der Waals surface area contributed by atoms with Gasteiger partial charge in [0.15, 0.2) is 0 Å². The number of carboxylic acids is 1. The lowest BCUT2D eigenvalue weighted by Gasteiger charge is -2.24. The number of alkyl carbamates (subject to hydrolysis) is 1. The van der Waals surface area contributed by atoms with Crippen molar-refractivity contribution < 1.29 is 24.2 Å². The van der Waals surface area contributed by atoms with Crippen LogP contribution >= 0.6 is 0 Å². The van der Waals surface area contributed by atoms with E-state index in [1.807, 2.05) is 24.3 Å². The number of hydrogen-bond acceptors (Lipinski definition) is 4. The minimum atomic E-state index is -1.27. The van der Waals surface area contributed by atoms with Crippen LogP contribution in [0.4, 0.5) is 4.79 Å². The molecule has 1 unspecified atom stereocenters. The van der Waals surface area contributed by atoms with E-state index in [1.165, 1.54) is 18.1 Å². The molecule has 0 aromatic heterocycles. The summed E-state index contributed by atoms with van der Waals surface area (Å²) < 4.78 is 5.51. The lowest BCUT2D eigenvalue weighted by molar-refractivity contribution is -0.147. The lowest BCUT2D eigenvalue weighted by Crippen LogP contribution is -2.52. The van der Waals surface area contributed by atoms with Crippen molar-refractivity contribution in [2.45, 2.75) is 38.1 Å². The fourth-order valence-electron chi connectivity index (χ4n) is 4.32. The van der Waals surface area contributed by atoms with Crippen LogP contribution in [0.2, 0.25) is 0 Å². The molecule has 1 saturated carbocycles. The molecular weight excluding hydrogens is 408 g/mol. The first kappa shape index (κ1) is 21.9. The molecule has 2 aromatic rings. The highest BCUT2D eigenvalue weighted by Gasteiger charge is 2.46. The van der Waals surface area contributed by atoms with Crippen LogP contribution < -0.4 is 10.6 Å². The Balaban J connectivity index is 1.27. The Labute approximate surface area is 187 Å². The molecule has 1 fully saturated rings. The molecule has 7 heteroatoms. The number of amides is 2. The van der Waals surface area contributed by atoms with Gasteiger partial charge in [0.2, 0.25) is 5.91 Å². The maximum atomic E-state index is 12.4. The summed E-state index contributed by atoms with van der Waals surface area (Å²) in [4.78, 5) is 36.0. The van der Waals surface area contributed by atoms with E-state index >= 15 is 0 Å². The topological polar surface area (TPSA) is 105 Å².